The SMILES string of the molecule is CCOc1ccc2nc(SCC(=O)N3CCN(S(=O)(=O)c4c(C)noc4C)CC3)[nH]c2c1. The van der Waals surface area contributed by atoms with E-state index in [4.69, 9.17) is 9.26 Å². The Morgan fingerprint density at radius 3 is 2.66 bits per heavy atom. The summed E-state index contributed by atoms with van der Waals surface area (Å²) in [6.07, 6.45) is 0. The summed E-state index contributed by atoms with van der Waals surface area (Å²) in [6.45, 7) is 6.83. The molecule has 1 saturated heterocycles. The second kappa shape index (κ2) is 9.12. The fourth-order valence-corrected chi connectivity index (χ4v) is 6.16. The highest BCUT2D eigenvalue weighted by molar-refractivity contribution is 7.99. The van der Waals surface area contributed by atoms with Crippen LogP contribution >= 0.6 is 11.8 Å². The number of aryl methyl sites for hydroxylation is 2. The summed E-state index contributed by atoms with van der Waals surface area (Å²) < 4.78 is 37.7. The number of amides is 1. The number of thioether (sulfide) groups is 1. The number of ether oxygens (including phenoxy) is 1. The number of rotatable bonds is 7. The van der Waals surface area contributed by atoms with Gasteiger partial charge in [0.15, 0.2) is 10.9 Å². The molecule has 1 aromatic carbocycles. The number of hydrogen-bond acceptors (Lipinski definition) is 8. The van der Waals surface area contributed by atoms with E-state index in [1.807, 2.05) is 25.1 Å². The van der Waals surface area contributed by atoms with Gasteiger partial charge in [-0.1, -0.05) is 16.9 Å². The molecule has 1 fully saturated rings. The first-order chi connectivity index (χ1) is 15.3. The Morgan fingerprint density at radius 1 is 1.25 bits per heavy atom. The molecule has 2 aromatic heterocycles. The minimum atomic E-state index is -3.70. The number of carbonyl (C=O) groups excluding carboxylic acids is 1. The van der Waals surface area contributed by atoms with E-state index in [1.165, 1.54) is 16.1 Å². The predicted molar refractivity (Wildman–Crippen MR) is 119 cm³/mol. The zero-order valence-electron chi connectivity index (χ0n) is 18.1. The number of nitrogens with one attached hydrogen (secondary N) is 1. The molecule has 0 radical (unpaired) electrons. The minimum Gasteiger partial charge on any atom is -0.494 e. The maximum absolute atomic E-state index is 12.9. The van der Waals surface area contributed by atoms with E-state index in [0.29, 0.717) is 30.5 Å². The van der Waals surface area contributed by atoms with E-state index in [9.17, 15) is 13.2 Å². The third-order valence-electron chi connectivity index (χ3n) is 5.23. The van der Waals surface area contributed by atoms with Gasteiger partial charge in [-0.05, 0) is 32.9 Å². The van der Waals surface area contributed by atoms with Gasteiger partial charge >= 0.3 is 0 Å². The molecule has 0 saturated carbocycles. The molecule has 0 atom stereocenters. The Balaban J connectivity index is 1.33. The highest BCUT2D eigenvalue weighted by Gasteiger charge is 2.34. The van der Waals surface area contributed by atoms with Crippen LogP contribution in [0.2, 0.25) is 0 Å². The third-order valence-corrected chi connectivity index (χ3v) is 8.23. The van der Waals surface area contributed by atoms with Crippen LogP contribution in [0.1, 0.15) is 18.4 Å². The smallest absolute Gasteiger partial charge is 0.248 e. The van der Waals surface area contributed by atoms with Crippen LogP contribution in [-0.4, -0.2) is 77.2 Å². The fourth-order valence-electron chi connectivity index (χ4n) is 3.66. The second-order valence-corrected chi connectivity index (χ2v) is 10.2. The maximum atomic E-state index is 12.9. The average Bonchev–Trinajstić information content (AvgIpc) is 3.34. The molecular weight excluding hydrogens is 454 g/mol. The van der Waals surface area contributed by atoms with Crippen LogP contribution in [0, 0.1) is 13.8 Å². The van der Waals surface area contributed by atoms with E-state index in [1.54, 1.807) is 18.7 Å². The first-order valence-electron chi connectivity index (χ1n) is 10.3. The van der Waals surface area contributed by atoms with Crippen molar-refractivity contribution in [1.82, 2.24) is 24.3 Å². The Morgan fingerprint density at radius 2 is 2.00 bits per heavy atom. The summed E-state index contributed by atoms with van der Waals surface area (Å²) in [4.78, 5) is 22.2. The number of aromatic nitrogens is 3. The molecule has 3 aromatic rings. The molecular formula is C20H25N5O5S2. The normalized spacial score (nSPS) is 15.4. The molecule has 0 bridgehead atoms. The summed E-state index contributed by atoms with van der Waals surface area (Å²) in [5.74, 6) is 1.20. The zero-order chi connectivity index (χ0) is 22.9. The number of piperazine rings is 1. The Hall–Kier alpha value is -2.57. The van der Waals surface area contributed by atoms with E-state index in [2.05, 4.69) is 15.1 Å². The van der Waals surface area contributed by atoms with Gasteiger partial charge in [0.2, 0.25) is 15.9 Å². The lowest BCUT2D eigenvalue weighted by Gasteiger charge is -2.33. The van der Waals surface area contributed by atoms with Crippen molar-refractivity contribution in [2.75, 3.05) is 38.5 Å². The molecule has 1 N–H and O–H groups in total. The van der Waals surface area contributed by atoms with E-state index >= 15 is 0 Å². The van der Waals surface area contributed by atoms with Gasteiger partial charge in [-0.3, -0.25) is 4.79 Å². The van der Waals surface area contributed by atoms with Crippen molar-refractivity contribution in [1.29, 1.82) is 0 Å². The van der Waals surface area contributed by atoms with Gasteiger partial charge in [0.25, 0.3) is 0 Å². The van der Waals surface area contributed by atoms with E-state index in [-0.39, 0.29) is 35.4 Å². The first-order valence-corrected chi connectivity index (χ1v) is 12.7. The van der Waals surface area contributed by atoms with Gasteiger partial charge in [-0.15, -0.1) is 0 Å². The molecule has 12 heteroatoms. The first kappa shape index (κ1) is 22.6. The Bertz CT molecular complexity index is 1210. The third kappa shape index (κ3) is 4.48. The predicted octanol–water partition coefficient (Wildman–Crippen LogP) is 2.19. The Kier molecular flexibility index (Phi) is 6.45. The lowest BCUT2D eigenvalue weighted by Crippen LogP contribution is -2.51. The highest BCUT2D eigenvalue weighted by Crippen LogP contribution is 2.26. The number of sulfonamides is 1. The number of aromatic amines is 1. The summed E-state index contributed by atoms with van der Waals surface area (Å²) in [7, 11) is -3.70. The van der Waals surface area contributed by atoms with E-state index in [0.717, 1.165) is 16.8 Å². The number of fused-ring (bicyclic) bond motifs is 1. The molecule has 1 amide bonds. The minimum absolute atomic E-state index is 0.0557. The topological polar surface area (TPSA) is 122 Å². The van der Waals surface area contributed by atoms with Crippen LogP contribution < -0.4 is 4.74 Å². The molecule has 3 heterocycles. The summed E-state index contributed by atoms with van der Waals surface area (Å²) in [5.41, 5.74) is 2.00. The van der Waals surface area contributed by atoms with Crippen molar-refractivity contribution in [2.24, 2.45) is 0 Å². The van der Waals surface area contributed by atoms with Gasteiger partial charge in [0.05, 0.1) is 23.4 Å². The van der Waals surface area contributed by atoms with Crippen LogP contribution in [0.15, 0.2) is 32.8 Å². The quantitative estimate of drug-likeness (QED) is 0.512. The average molecular weight is 480 g/mol. The summed E-state index contributed by atoms with van der Waals surface area (Å²) in [5, 5.41) is 4.39. The summed E-state index contributed by atoms with van der Waals surface area (Å²) in [6, 6.07) is 5.63. The molecule has 0 aliphatic carbocycles. The molecule has 172 valence electrons. The van der Waals surface area contributed by atoms with Gasteiger partial charge < -0.3 is 19.1 Å². The number of hydrogen-bond donors (Lipinski definition) is 1. The van der Waals surface area contributed by atoms with Crippen molar-refractivity contribution < 1.29 is 22.5 Å². The number of benzene rings is 1. The van der Waals surface area contributed by atoms with Crippen molar-refractivity contribution in [3.05, 3.63) is 29.7 Å². The molecule has 0 spiro atoms. The largest absolute Gasteiger partial charge is 0.494 e. The van der Waals surface area contributed by atoms with Crippen LogP contribution in [-0.2, 0) is 14.8 Å². The van der Waals surface area contributed by atoms with Crippen LogP contribution in [0.4, 0.5) is 0 Å². The highest BCUT2D eigenvalue weighted by atomic mass is 32.2. The van der Waals surface area contributed by atoms with Gasteiger partial charge in [-0.25, -0.2) is 13.4 Å². The van der Waals surface area contributed by atoms with Crippen LogP contribution in [0.3, 0.4) is 0 Å². The van der Waals surface area contributed by atoms with Crippen molar-refractivity contribution in [3.63, 3.8) is 0 Å². The lowest BCUT2D eigenvalue weighted by molar-refractivity contribution is -0.129. The fraction of sp³-hybridized carbons (Fsp3) is 0.450. The molecule has 0 unspecified atom stereocenters. The van der Waals surface area contributed by atoms with E-state index < -0.39 is 10.0 Å². The van der Waals surface area contributed by atoms with Crippen molar-refractivity contribution >= 4 is 38.7 Å². The number of H-pyrrole nitrogens is 1. The van der Waals surface area contributed by atoms with Crippen LogP contribution in [0.25, 0.3) is 11.0 Å². The molecule has 10 nitrogen and oxygen atoms in total. The standard InChI is InChI=1S/C20H25N5O5S2/c1-4-29-15-5-6-16-17(11-15)22-20(21-16)31-12-18(26)24-7-9-25(10-8-24)32(27,28)19-13(2)23-30-14(19)3/h5-6,11H,4,7-10,12H2,1-3H3,(H,21,22). The number of carbonyl (C=O) groups is 1. The molecule has 4 rings (SSSR count). The van der Waals surface area contributed by atoms with Crippen molar-refractivity contribution in [2.45, 2.75) is 30.8 Å². The Labute approximate surface area is 190 Å². The lowest BCUT2D eigenvalue weighted by atomic mass is 10.3. The van der Waals surface area contributed by atoms with Gasteiger partial charge in [-0.2, -0.15) is 4.31 Å². The monoisotopic (exact) mass is 479 g/mol. The summed E-state index contributed by atoms with van der Waals surface area (Å²) >= 11 is 1.32. The molecule has 1 aliphatic rings. The van der Waals surface area contributed by atoms with Gasteiger partial charge in [0, 0.05) is 32.2 Å². The number of imidazole rings is 1. The maximum Gasteiger partial charge on any atom is 0.248 e. The van der Waals surface area contributed by atoms with Crippen LogP contribution in [0.5, 0.6) is 5.75 Å². The number of nitrogens with zero attached hydrogens (tertiary/aromatic N) is 4. The van der Waals surface area contributed by atoms with Crippen molar-refractivity contribution in [3.8, 4) is 5.75 Å². The molecule has 1 aliphatic heterocycles. The second-order valence-electron chi connectivity index (χ2n) is 7.38. The zero-order valence-corrected chi connectivity index (χ0v) is 19.8. The van der Waals surface area contributed by atoms with Gasteiger partial charge in [0.1, 0.15) is 16.3 Å². The molecule has 32 heavy (non-hydrogen) atoms.